The van der Waals surface area contributed by atoms with Crippen molar-refractivity contribution in [1.29, 1.82) is 0 Å². The van der Waals surface area contributed by atoms with Gasteiger partial charge in [0.05, 0.1) is 6.04 Å². The monoisotopic (exact) mass is 269 g/mol. The van der Waals surface area contributed by atoms with Crippen molar-refractivity contribution in [3.05, 3.63) is 35.0 Å². The first kappa shape index (κ1) is 11.8. The molecule has 0 spiro atoms. The van der Waals surface area contributed by atoms with Gasteiger partial charge in [-0.05, 0) is 43.9 Å². The first-order valence-corrected chi connectivity index (χ1v) is 7.34. The lowest BCUT2D eigenvalue weighted by molar-refractivity contribution is 0.155. The van der Waals surface area contributed by atoms with Crippen molar-refractivity contribution < 1.29 is 4.79 Å². The van der Waals surface area contributed by atoms with E-state index < -0.39 is 0 Å². The Labute approximate surface area is 118 Å². The molecule has 0 saturated carbocycles. The molecule has 1 aliphatic carbocycles. The van der Waals surface area contributed by atoms with Crippen molar-refractivity contribution >= 4 is 16.9 Å². The summed E-state index contributed by atoms with van der Waals surface area (Å²) in [6, 6.07) is 6.58. The number of nitrogens with two attached hydrogens (primary N) is 1. The van der Waals surface area contributed by atoms with Gasteiger partial charge < -0.3 is 15.2 Å². The molecule has 4 rings (SSSR count). The maximum atomic E-state index is 11.7. The summed E-state index contributed by atoms with van der Waals surface area (Å²) in [4.78, 5) is 13.5. The Morgan fingerprint density at radius 3 is 3.00 bits per heavy atom. The van der Waals surface area contributed by atoms with E-state index in [1.807, 2.05) is 4.90 Å². The van der Waals surface area contributed by atoms with Gasteiger partial charge in [0.1, 0.15) is 0 Å². The average molecular weight is 269 g/mol. The maximum Gasteiger partial charge on any atom is 0.315 e. The number of carbonyl (C=O) groups is 1. The van der Waals surface area contributed by atoms with Gasteiger partial charge in [0, 0.05) is 29.7 Å². The molecule has 0 radical (unpaired) electrons. The second-order valence-electron chi connectivity index (χ2n) is 5.98. The third-order valence-corrected chi connectivity index (χ3v) is 4.81. The van der Waals surface area contributed by atoms with E-state index in [0.717, 1.165) is 32.4 Å². The molecule has 2 amide bonds. The van der Waals surface area contributed by atoms with Gasteiger partial charge in [-0.15, -0.1) is 0 Å². The largest absolute Gasteiger partial charge is 0.351 e. The van der Waals surface area contributed by atoms with Gasteiger partial charge >= 0.3 is 6.03 Å². The molecule has 104 valence electrons. The Morgan fingerprint density at radius 1 is 1.35 bits per heavy atom. The van der Waals surface area contributed by atoms with E-state index >= 15 is 0 Å². The van der Waals surface area contributed by atoms with Crippen LogP contribution in [-0.4, -0.2) is 22.0 Å². The van der Waals surface area contributed by atoms with E-state index in [0.29, 0.717) is 0 Å². The van der Waals surface area contributed by atoms with Crippen LogP contribution >= 0.6 is 0 Å². The lowest BCUT2D eigenvalue weighted by Crippen LogP contribution is -2.45. The van der Waals surface area contributed by atoms with Gasteiger partial charge in [0.2, 0.25) is 0 Å². The number of aryl methyl sites for hydroxylation is 2. The summed E-state index contributed by atoms with van der Waals surface area (Å²) in [7, 11) is 0. The number of hydrogen-bond donors (Lipinski definition) is 1. The summed E-state index contributed by atoms with van der Waals surface area (Å²) in [6.45, 7) is 3.72. The summed E-state index contributed by atoms with van der Waals surface area (Å²) in [5.74, 6) is 0. The third kappa shape index (κ3) is 1.45. The van der Waals surface area contributed by atoms with Gasteiger partial charge in [0.25, 0.3) is 0 Å². The number of urea groups is 1. The first-order valence-electron chi connectivity index (χ1n) is 7.34. The van der Waals surface area contributed by atoms with Crippen LogP contribution in [0.4, 0.5) is 4.79 Å². The number of aromatic nitrogens is 1. The van der Waals surface area contributed by atoms with E-state index in [1.54, 1.807) is 0 Å². The fraction of sp³-hybridized carbons (Fsp3) is 0.438. The van der Waals surface area contributed by atoms with Gasteiger partial charge in [0.15, 0.2) is 0 Å². The molecule has 0 fully saturated rings. The number of rotatable bonds is 0. The van der Waals surface area contributed by atoms with Crippen LogP contribution in [-0.2, 0) is 13.0 Å². The molecule has 2 aliphatic rings. The zero-order valence-electron chi connectivity index (χ0n) is 11.7. The smallest absolute Gasteiger partial charge is 0.315 e. The lowest BCUT2D eigenvalue weighted by Gasteiger charge is -2.38. The van der Waals surface area contributed by atoms with Crippen LogP contribution in [0.5, 0.6) is 0 Å². The van der Waals surface area contributed by atoms with Crippen LogP contribution < -0.4 is 5.73 Å². The predicted molar refractivity (Wildman–Crippen MR) is 78.6 cm³/mol. The topological polar surface area (TPSA) is 51.3 Å². The van der Waals surface area contributed by atoms with Crippen LogP contribution in [0.1, 0.15) is 35.7 Å². The van der Waals surface area contributed by atoms with Gasteiger partial charge in [-0.2, -0.15) is 0 Å². The zero-order chi connectivity index (χ0) is 13.9. The second kappa shape index (κ2) is 4.01. The van der Waals surface area contributed by atoms with Crippen molar-refractivity contribution in [2.45, 2.75) is 38.8 Å². The SMILES string of the molecule is Cc1ccc2c(c1)c1c3n2CCN(C(N)=O)[C@@H]3CCC1. The minimum absolute atomic E-state index is 0.178. The van der Waals surface area contributed by atoms with Crippen molar-refractivity contribution in [3.8, 4) is 0 Å². The molecular formula is C16H19N3O. The minimum Gasteiger partial charge on any atom is -0.351 e. The molecule has 2 aromatic rings. The van der Waals surface area contributed by atoms with Crippen molar-refractivity contribution in [1.82, 2.24) is 9.47 Å². The predicted octanol–water partition coefficient (Wildman–Crippen LogP) is 2.72. The summed E-state index contributed by atoms with van der Waals surface area (Å²) in [6.07, 6.45) is 3.28. The number of primary amides is 1. The highest BCUT2D eigenvalue weighted by Crippen LogP contribution is 2.42. The molecule has 4 heteroatoms. The summed E-state index contributed by atoms with van der Waals surface area (Å²) >= 11 is 0. The van der Waals surface area contributed by atoms with Crippen LogP contribution in [0.15, 0.2) is 18.2 Å². The van der Waals surface area contributed by atoms with Gasteiger partial charge in [-0.25, -0.2) is 4.79 Å². The Morgan fingerprint density at radius 2 is 2.20 bits per heavy atom. The van der Waals surface area contributed by atoms with E-state index in [2.05, 4.69) is 29.7 Å². The third-order valence-electron chi connectivity index (χ3n) is 4.81. The van der Waals surface area contributed by atoms with Crippen LogP contribution in [0.3, 0.4) is 0 Å². The first-order chi connectivity index (χ1) is 9.66. The summed E-state index contributed by atoms with van der Waals surface area (Å²) in [5.41, 5.74) is 10.9. The number of hydrogen-bond acceptors (Lipinski definition) is 1. The van der Waals surface area contributed by atoms with E-state index in [4.69, 9.17) is 5.73 Å². The second-order valence-corrected chi connectivity index (χ2v) is 5.98. The van der Waals surface area contributed by atoms with Crippen molar-refractivity contribution in [2.75, 3.05) is 6.54 Å². The van der Waals surface area contributed by atoms with Crippen LogP contribution in [0, 0.1) is 6.92 Å². The molecule has 2 N–H and O–H groups in total. The minimum atomic E-state index is -0.282. The summed E-state index contributed by atoms with van der Waals surface area (Å²) in [5, 5.41) is 1.37. The molecule has 4 nitrogen and oxygen atoms in total. The fourth-order valence-corrected chi connectivity index (χ4v) is 3.98. The molecular weight excluding hydrogens is 250 g/mol. The highest BCUT2D eigenvalue weighted by atomic mass is 16.2. The summed E-state index contributed by atoms with van der Waals surface area (Å²) < 4.78 is 2.41. The normalized spacial score (nSPS) is 21.1. The Balaban J connectivity index is 2.00. The van der Waals surface area contributed by atoms with E-state index in [1.165, 1.54) is 27.7 Å². The number of benzene rings is 1. The fourth-order valence-electron chi connectivity index (χ4n) is 3.98. The number of nitrogens with zero attached hydrogens (tertiary/aromatic N) is 2. The number of fused-ring (bicyclic) bond motifs is 3. The molecule has 1 aromatic carbocycles. The van der Waals surface area contributed by atoms with Crippen LogP contribution in [0.2, 0.25) is 0 Å². The zero-order valence-corrected chi connectivity index (χ0v) is 11.7. The molecule has 2 heterocycles. The molecule has 20 heavy (non-hydrogen) atoms. The van der Waals surface area contributed by atoms with E-state index in [9.17, 15) is 4.79 Å². The van der Waals surface area contributed by atoms with Crippen LogP contribution in [0.25, 0.3) is 10.9 Å². The Bertz CT molecular complexity index is 716. The highest BCUT2D eigenvalue weighted by Gasteiger charge is 2.36. The molecule has 1 atom stereocenters. The number of carbonyl (C=O) groups excluding carboxylic acids is 1. The van der Waals surface area contributed by atoms with Gasteiger partial charge in [-0.3, -0.25) is 0 Å². The maximum absolute atomic E-state index is 11.7. The van der Waals surface area contributed by atoms with Gasteiger partial charge in [-0.1, -0.05) is 11.6 Å². The van der Waals surface area contributed by atoms with Crippen molar-refractivity contribution in [3.63, 3.8) is 0 Å². The highest BCUT2D eigenvalue weighted by molar-refractivity contribution is 5.87. The average Bonchev–Trinajstić information content (AvgIpc) is 2.75. The Hall–Kier alpha value is -1.97. The van der Waals surface area contributed by atoms with E-state index in [-0.39, 0.29) is 12.1 Å². The Kier molecular flexibility index (Phi) is 2.37. The molecule has 0 saturated heterocycles. The molecule has 0 unspecified atom stereocenters. The molecule has 1 aromatic heterocycles. The lowest BCUT2D eigenvalue weighted by atomic mass is 9.89. The molecule has 0 bridgehead atoms. The van der Waals surface area contributed by atoms with Crippen molar-refractivity contribution in [2.24, 2.45) is 5.73 Å². The molecule has 1 aliphatic heterocycles. The number of amides is 2. The quantitative estimate of drug-likeness (QED) is 0.785. The standard InChI is InChI=1S/C16H19N3O/c1-10-5-6-13-12(9-10)11-3-2-4-14-15(11)18(13)7-8-19(14)16(17)20/h5-6,9,14H,2-4,7-8H2,1H3,(H2,17,20)/t14-/m1/s1.